The van der Waals surface area contributed by atoms with Crippen LogP contribution >= 0.6 is 0 Å². The third kappa shape index (κ3) is 2.96. The Labute approximate surface area is 123 Å². The van der Waals surface area contributed by atoms with Crippen LogP contribution in [0, 0.1) is 5.92 Å². The molecular weight excluding hydrogens is 268 g/mol. The van der Waals surface area contributed by atoms with Gasteiger partial charge in [0.25, 0.3) is 5.89 Å². The van der Waals surface area contributed by atoms with E-state index in [1.807, 2.05) is 0 Å². The van der Waals surface area contributed by atoms with Crippen LogP contribution in [-0.4, -0.2) is 21.2 Å². The molecule has 5 heteroatoms. The summed E-state index contributed by atoms with van der Waals surface area (Å²) in [5, 5.41) is 13.0. The van der Waals surface area contributed by atoms with Crippen LogP contribution in [0.4, 0.5) is 0 Å². The minimum Gasteiger partial charge on any atom is -0.478 e. The molecule has 0 saturated heterocycles. The van der Waals surface area contributed by atoms with Crippen LogP contribution in [0.25, 0.3) is 11.5 Å². The van der Waals surface area contributed by atoms with E-state index in [-0.39, 0.29) is 5.56 Å². The average Bonchev–Trinajstić information content (AvgIpc) is 2.97. The maximum atomic E-state index is 10.8. The molecular formula is C16H18N2O3. The third-order valence-electron chi connectivity index (χ3n) is 4.12. The van der Waals surface area contributed by atoms with Gasteiger partial charge in [0.15, 0.2) is 5.82 Å². The van der Waals surface area contributed by atoms with E-state index in [1.54, 1.807) is 24.3 Å². The van der Waals surface area contributed by atoms with E-state index in [0.29, 0.717) is 17.7 Å². The van der Waals surface area contributed by atoms with Gasteiger partial charge < -0.3 is 9.63 Å². The highest BCUT2D eigenvalue weighted by molar-refractivity contribution is 5.88. The van der Waals surface area contributed by atoms with Crippen molar-refractivity contribution in [2.75, 3.05) is 0 Å². The van der Waals surface area contributed by atoms with Crippen LogP contribution in [0.5, 0.6) is 0 Å². The van der Waals surface area contributed by atoms with Gasteiger partial charge in [0.2, 0.25) is 0 Å². The molecule has 0 aliphatic heterocycles. The molecule has 2 aromatic rings. The standard InChI is InChI=1S/C16H18N2O3/c1-10-3-2-4-13(9-10)14-17-15(21-18-14)11-5-7-12(8-6-11)16(19)20/h5-8,10,13H,2-4,9H2,1H3,(H,19,20). The molecule has 21 heavy (non-hydrogen) atoms. The monoisotopic (exact) mass is 286 g/mol. The lowest BCUT2D eigenvalue weighted by molar-refractivity contribution is 0.0697. The van der Waals surface area contributed by atoms with Crippen molar-refractivity contribution in [3.63, 3.8) is 0 Å². The van der Waals surface area contributed by atoms with Gasteiger partial charge in [-0.05, 0) is 43.0 Å². The summed E-state index contributed by atoms with van der Waals surface area (Å²) in [5.41, 5.74) is 1.00. The summed E-state index contributed by atoms with van der Waals surface area (Å²) in [6, 6.07) is 6.49. The number of aromatic carboxylic acids is 1. The first kappa shape index (κ1) is 13.8. The smallest absolute Gasteiger partial charge is 0.335 e. The average molecular weight is 286 g/mol. The van der Waals surface area contributed by atoms with Crippen molar-refractivity contribution >= 4 is 5.97 Å². The van der Waals surface area contributed by atoms with E-state index in [0.717, 1.165) is 24.2 Å². The Hall–Kier alpha value is -2.17. The Bertz CT molecular complexity index is 633. The van der Waals surface area contributed by atoms with Crippen molar-refractivity contribution in [3.8, 4) is 11.5 Å². The van der Waals surface area contributed by atoms with E-state index in [9.17, 15) is 4.79 Å². The number of nitrogens with zero attached hydrogens (tertiary/aromatic N) is 2. The molecule has 0 spiro atoms. The van der Waals surface area contributed by atoms with Crippen LogP contribution in [0.2, 0.25) is 0 Å². The minimum atomic E-state index is -0.941. The van der Waals surface area contributed by atoms with Crippen molar-refractivity contribution in [1.82, 2.24) is 10.1 Å². The predicted octanol–water partition coefficient (Wildman–Crippen LogP) is 3.73. The quantitative estimate of drug-likeness (QED) is 0.930. The molecule has 1 fully saturated rings. The molecule has 1 saturated carbocycles. The predicted molar refractivity (Wildman–Crippen MR) is 77.1 cm³/mol. The molecule has 1 aromatic carbocycles. The van der Waals surface area contributed by atoms with E-state index in [4.69, 9.17) is 9.63 Å². The zero-order valence-corrected chi connectivity index (χ0v) is 12.0. The van der Waals surface area contributed by atoms with E-state index in [1.165, 1.54) is 12.8 Å². The number of carboxylic acid groups (broad SMARTS) is 1. The molecule has 5 nitrogen and oxygen atoms in total. The number of carboxylic acids is 1. The molecule has 2 atom stereocenters. The molecule has 2 unspecified atom stereocenters. The number of hydrogen-bond acceptors (Lipinski definition) is 4. The van der Waals surface area contributed by atoms with Gasteiger partial charge in [-0.15, -0.1) is 0 Å². The fourth-order valence-corrected chi connectivity index (χ4v) is 2.94. The molecule has 110 valence electrons. The van der Waals surface area contributed by atoms with Crippen LogP contribution in [0.15, 0.2) is 28.8 Å². The Morgan fingerprint density at radius 2 is 2.05 bits per heavy atom. The number of aromatic nitrogens is 2. The zero-order valence-electron chi connectivity index (χ0n) is 12.0. The molecule has 1 aliphatic rings. The topological polar surface area (TPSA) is 76.2 Å². The van der Waals surface area contributed by atoms with Gasteiger partial charge in [0, 0.05) is 11.5 Å². The molecule has 1 aliphatic carbocycles. The largest absolute Gasteiger partial charge is 0.478 e. The number of rotatable bonds is 3. The van der Waals surface area contributed by atoms with Gasteiger partial charge in [-0.2, -0.15) is 4.98 Å². The summed E-state index contributed by atoms with van der Waals surface area (Å²) in [4.78, 5) is 15.3. The highest BCUT2D eigenvalue weighted by Crippen LogP contribution is 2.35. The highest BCUT2D eigenvalue weighted by Gasteiger charge is 2.24. The van der Waals surface area contributed by atoms with E-state index in [2.05, 4.69) is 17.1 Å². The van der Waals surface area contributed by atoms with Crippen LogP contribution < -0.4 is 0 Å². The first-order chi connectivity index (χ1) is 10.1. The minimum absolute atomic E-state index is 0.250. The number of carbonyl (C=O) groups is 1. The van der Waals surface area contributed by atoms with Crippen molar-refractivity contribution in [2.45, 2.75) is 38.5 Å². The molecule has 0 amide bonds. The van der Waals surface area contributed by atoms with Gasteiger partial charge >= 0.3 is 5.97 Å². The van der Waals surface area contributed by atoms with Crippen molar-refractivity contribution in [2.24, 2.45) is 5.92 Å². The maximum absolute atomic E-state index is 10.8. The molecule has 0 bridgehead atoms. The molecule has 1 aromatic heterocycles. The summed E-state index contributed by atoms with van der Waals surface area (Å²) in [5.74, 6) is 1.38. The lowest BCUT2D eigenvalue weighted by atomic mass is 9.82. The summed E-state index contributed by atoms with van der Waals surface area (Å²) < 4.78 is 5.33. The summed E-state index contributed by atoms with van der Waals surface area (Å²) >= 11 is 0. The Balaban J connectivity index is 1.79. The fraction of sp³-hybridized carbons (Fsp3) is 0.438. The molecule has 3 rings (SSSR count). The second kappa shape index (κ2) is 5.68. The number of hydrogen-bond donors (Lipinski definition) is 1. The lowest BCUT2D eigenvalue weighted by Gasteiger charge is -2.23. The lowest BCUT2D eigenvalue weighted by Crippen LogP contribution is -2.12. The Morgan fingerprint density at radius 1 is 1.29 bits per heavy atom. The second-order valence-electron chi connectivity index (χ2n) is 5.81. The maximum Gasteiger partial charge on any atom is 0.335 e. The fourth-order valence-electron chi connectivity index (χ4n) is 2.94. The van der Waals surface area contributed by atoms with Crippen molar-refractivity contribution in [1.29, 1.82) is 0 Å². The number of benzene rings is 1. The van der Waals surface area contributed by atoms with Gasteiger partial charge in [-0.25, -0.2) is 4.79 Å². The SMILES string of the molecule is CC1CCCC(c2noc(-c3ccc(C(=O)O)cc3)n2)C1. The van der Waals surface area contributed by atoms with Crippen molar-refractivity contribution < 1.29 is 14.4 Å². The summed E-state index contributed by atoms with van der Waals surface area (Å²) in [7, 11) is 0. The van der Waals surface area contributed by atoms with Crippen LogP contribution in [0.3, 0.4) is 0 Å². The van der Waals surface area contributed by atoms with E-state index < -0.39 is 5.97 Å². The van der Waals surface area contributed by atoms with Gasteiger partial charge in [0.1, 0.15) is 0 Å². The van der Waals surface area contributed by atoms with E-state index >= 15 is 0 Å². The first-order valence-electron chi connectivity index (χ1n) is 7.31. The highest BCUT2D eigenvalue weighted by atomic mass is 16.5. The van der Waals surface area contributed by atoms with Gasteiger partial charge in [-0.3, -0.25) is 0 Å². The second-order valence-corrected chi connectivity index (χ2v) is 5.81. The molecule has 0 radical (unpaired) electrons. The summed E-state index contributed by atoms with van der Waals surface area (Å²) in [6.45, 7) is 2.26. The Kier molecular flexibility index (Phi) is 3.73. The zero-order chi connectivity index (χ0) is 14.8. The van der Waals surface area contributed by atoms with Gasteiger partial charge in [0.05, 0.1) is 5.56 Å². The van der Waals surface area contributed by atoms with Crippen LogP contribution in [0.1, 0.15) is 54.7 Å². The first-order valence-corrected chi connectivity index (χ1v) is 7.31. The third-order valence-corrected chi connectivity index (χ3v) is 4.12. The molecule has 1 N–H and O–H groups in total. The Morgan fingerprint density at radius 3 is 2.71 bits per heavy atom. The normalized spacial score (nSPS) is 22.1. The van der Waals surface area contributed by atoms with Gasteiger partial charge in [-0.1, -0.05) is 24.9 Å². The molecule has 1 heterocycles. The van der Waals surface area contributed by atoms with Crippen molar-refractivity contribution in [3.05, 3.63) is 35.7 Å². The summed E-state index contributed by atoms with van der Waals surface area (Å²) in [6.07, 6.45) is 4.71. The van der Waals surface area contributed by atoms with Crippen LogP contribution in [-0.2, 0) is 0 Å².